The van der Waals surface area contributed by atoms with Gasteiger partial charge >= 0.3 is 0 Å². The standard InChI is InChI=1S/C4H14O2SSi2/c1-8(2)7(5,6)9(3)4/h8-9H,1-4H3. The van der Waals surface area contributed by atoms with Crippen molar-refractivity contribution in [2.45, 2.75) is 26.2 Å². The molecule has 56 valence electrons. The predicted octanol–water partition coefficient (Wildman–Crippen LogP) is 0.368. The zero-order chi connectivity index (χ0) is 7.65. The highest BCUT2D eigenvalue weighted by Crippen LogP contribution is 2.01. The molecule has 5 heteroatoms. The van der Waals surface area contributed by atoms with Gasteiger partial charge < -0.3 is 0 Å². The molecule has 0 heterocycles. The Kier molecular flexibility index (Phi) is 3.11. The van der Waals surface area contributed by atoms with Gasteiger partial charge in [0, 0.05) is 0 Å². The fourth-order valence-electron chi connectivity index (χ4n) is 0.544. The predicted molar refractivity (Wildman–Crippen MR) is 46.7 cm³/mol. The molecule has 2 nitrogen and oxygen atoms in total. The van der Waals surface area contributed by atoms with E-state index < -0.39 is 24.6 Å². The maximum Gasteiger partial charge on any atom is 0.165 e. The van der Waals surface area contributed by atoms with E-state index in [2.05, 4.69) is 0 Å². The largest absolute Gasteiger partial charge is 0.244 e. The van der Waals surface area contributed by atoms with Crippen LogP contribution in [0.2, 0.25) is 26.2 Å². The molecule has 0 aromatic heterocycles. The van der Waals surface area contributed by atoms with E-state index in [1.165, 1.54) is 0 Å². The molecule has 0 aromatic rings. The van der Waals surface area contributed by atoms with Crippen LogP contribution >= 0.6 is 0 Å². The van der Waals surface area contributed by atoms with Gasteiger partial charge in [-0.2, -0.15) is 0 Å². The molecule has 0 radical (unpaired) electrons. The van der Waals surface area contributed by atoms with Crippen LogP contribution in [0.15, 0.2) is 0 Å². The van der Waals surface area contributed by atoms with Crippen LogP contribution in [0.4, 0.5) is 0 Å². The van der Waals surface area contributed by atoms with Gasteiger partial charge in [0.1, 0.15) is 0 Å². The van der Waals surface area contributed by atoms with Crippen LogP contribution in [0.3, 0.4) is 0 Å². The summed E-state index contributed by atoms with van der Waals surface area (Å²) in [4.78, 5) is 0. The summed E-state index contributed by atoms with van der Waals surface area (Å²) in [6, 6.07) is 0. The highest BCUT2D eigenvalue weighted by atomic mass is 32.6. The van der Waals surface area contributed by atoms with Gasteiger partial charge in [-0.25, -0.2) is 8.42 Å². The first kappa shape index (κ1) is 9.38. The summed E-state index contributed by atoms with van der Waals surface area (Å²) in [6.45, 7) is 7.51. The van der Waals surface area contributed by atoms with Gasteiger partial charge in [0.25, 0.3) is 0 Å². The molecule has 0 rings (SSSR count). The van der Waals surface area contributed by atoms with Crippen molar-refractivity contribution in [1.82, 2.24) is 0 Å². The highest BCUT2D eigenvalue weighted by molar-refractivity contribution is 8.38. The van der Waals surface area contributed by atoms with Gasteiger partial charge in [0.2, 0.25) is 0 Å². The Morgan fingerprint density at radius 2 is 1.11 bits per heavy atom. The lowest BCUT2D eigenvalue weighted by atomic mass is 11.9. The van der Waals surface area contributed by atoms with Gasteiger partial charge in [-0.05, 0) is 0 Å². The number of hydrogen-bond donors (Lipinski definition) is 0. The minimum Gasteiger partial charge on any atom is -0.244 e. The van der Waals surface area contributed by atoms with E-state index in [0.717, 1.165) is 0 Å². The van der Waals surface area contributed by atoms with Crippen molar-refractivity contribution in [3.8, 4) is 0 Å². The topological polar surface area (TPSA) is 34.1 Å². The van der Waals surface area contributed by atoms with Crippen LogP contribution < -0.4 is 0 Å². The summed E-state index contributed by atoms with van der Waals surface area (Å²) in [5.74, 6) is 0. The molecule has 0 amide bonds. The molecule has 0 fully saturated rings. The Bertz CT molecular complexity index is 157. The molecule has 9 heavy (non-hydrogen) atoms. The third kappa shape index (κ3) is 2.23. The van der Waals surface area contributed by atoms with Crippen molar-refractivity contribution in [1.29, 1.82) is 0 Å². The number of rotatable bonds is 2. The first-order valence-corrected chi connectivity index (χ1v) is 12.2. The van der Waals surface area contributed by atoms with E-state index in [0.29, 0.717) is 0 Å². The summed E-state index contributed by atoms with van der Waals surface area (Å²) < 4.78 is 22.3. The van der Waals surface area contributed by atoms with Crippen molar-refractivity contribution >= 4 is 24.6 Å². The van der Waals surface area contributed by atoms with Crippen molar-refractivity contribution in [2.24, 2.45) is 0 Å². The van der Waals surface area contributed by atoms with Gasteiger partial charge in [-0.15, -0.1) is 0 Å². The second kappa shape index (κ2) is 2.98. The summed E-state index contributed by atoms with van der Waals surface area (Å²) in [7, 11) is -5.34. The van der Waals surface area contributed by atoms with Gasteiger partial charge in [-0.1, -0.05) is 26.2 Å². The molecule has 0 spiro atoms. The molecule has 0 saturated heterocycles. The molecule has 0 saturated carbocycles. The third-order valence-corrected chi connectivity index (χ3v) is 21.6. The van der Waals surface area contributed by atoms with E-state index in [1.807, 2.05) is 26.2 Å². The highest BCUT2D eigenvalue weighted by Gasteiger charge is 2.22. The smallest absolute Gasteiger partial charge is 0.165 e. The average Bonchev–Trinajstić information content (AvgIpc) is 1.65. The first-order valence-electron chi connectivity index (χ1n) is 3.11. The normalized spacial score (nSPS) is 13.1. The molecule has 0 aliphatic heterocycles. The Hall–Kier alpha value is 0.384. The van der Waals surface area contributed by atoms with E-state index in [9.17, 15) is 8.42 Å². The third-order valence-electron chi connectivity index (χ3n) is 1.31. The Balaban J connectivity index is 4.42. The maximum absolute atomic E-state index is 11.2. The fourth-order valence-corrected chi connectivity index (χ4v) is 14.7. The molecule has 0 aromatic carbocycles. The van der Waals surface area contributed by atoms with Crippen LogP contribution in [0.5, 0.6) is 0 Å². The van der Waals surface area contributed by atoms with E-state index in [1.54, 1.807) is 0 Å². The summed E-state index contributed by atoms with van der Waals surface area (Å²) in [5, 5.41) is 0. The monoisotopic (exact) mass is 182 g/mol. The molecule has 0 aliphatic rings. The van der Waals surface area contributed by atoms with Crippen LogP contribution in [0, 0.1) is 0 Å². The quantitative estimate of drug-likeness (QED) is 0.578. The van der Waals surface area contributed by atoms with E-state index in [-0.39, 0.29) is 0 Å². The van der Waals surface area contributed by atoms with Crippen LogP contribution in [-0.2, 0) is 8.74 Å². The Labute approximate surface area is 59.7 Å². The van der Waals surface area contributed by atoms with Crippen LogP contribution in [-0.4, -0.2) is 24.3 Å². The Morgan fingerprint density at radius 3 is 1.11 bits per heavy atom. The summed E-state index contributed by atoms with van der Waals surface area (Å²) in [5.41, 5.74) is 0. The maximum atomic E-state index is 11.2. The zero-order valence-electron chi connectivity index (χ0n) is 6.38. The molecular formula is C4H14O2SSi2. The SMILES string of the molecule is C[SiH](C)S(=O)(=O)[SiH](C)C. The minimum atomic E-state index is -2.54. The molecule has 0 unspecified atom stereocenters. The van der Waals surface area contributed by atoms with Crippen molar-refractivity contribution in [2.75, 3.05) is 0 Å². The van der Waals surface area contributed by atoms with E-state index >= 15 is 0 Å². The summed E-state index contributed by atoms with van der Waals surface area (Å²) in [6.07, 6.45) is 0. The first-order chi connectivity index (χ1) is 3.89. The molecule has 0 bridgehead atoms. The van der Waals surface area contributed by atoms with Gasteiger partial charge in [0.05, 0.1) is 8.74 Å². The fraction of sp³-hybridized carbons (Fsp3) is 1.00. The lowest BCUT2D eigenvalue weighted by Crippen LogP contribution is -2.30. The summed E-state index contributed by atoms with van der Waals surface area (Å²) >= 11 is 0. The van der Waals surface area contributed by atoms with Crippen molar-refractivity contribution in [3.05, 3.63) is 0 Å². The van der Waals surface area contributed by atoms with Gasteiger partial charge in [-0.3, -0.25) is 0 Å². The van der Waals surface area contributed by atoms with Crippen molar-refractivity contribution in [3.63, 3.8) is 0 Å². The average molecular weight is 182 g/mol. The lowest BCUT2D eigenvalue weighted by Gasteiger charge is -2.07. The molecule has 0 atom stereocenters. The minimum absolute atomic E-state index is 1.40. The second-order valence-corrected chi connectivity index (χ2v) is 19.3. The zero-order valence-corrected chi connectivity index (χ0v) is 9.51. The molecule has 0 aliphatic carbocycles. The van der Waals surface area contributed by atoms with E-state index in [4.69, 9.17) is 0 Å². The molecule has 0 N–H and O–H groups in total. The van der Waals surface area contributed by atoms with Crippen LogP contribution in [0.25, 0.3) is 0 Å². The second-order valence-electron chi connectivity index (χ2n) is 2.69. The Morgan fingerprint density at radius 1 is 0.889 bits per heavy atom. The number of hydrogen-bond acceptors (Lipinski definition) is 2. The lowest BCUT2D eigenvalue weighted by molar-refractivity contribution is 0.619. The van der Waals surface area contributed by atoms with Crippen molar-refractivity contribution < 1.29 is 8.42 Å². The van der Waals surface area contributed by atoms with Gasteiger partial charge in [0.15, 0.2) is 15.9 Å². The molecular weight excluding hydrogens is 168 g/mol. The van der Waals surface area contributed by atoms with Crippen LogP contribution in [0.1, 0.15) is 0 Å².